The lowest BCUT2D eigenvalue weighted by molar-refractivity contribution is -0.115. The van der Waals surface area contributed by atoms with E-state index in [0.29, 0.717) is 33.5 Å². The Labute approximate surface area is 144 Å². The zero-order valence-electron chi connectivity index (χ0n) is 12.4. The zero-order valence-corrected chi connectivity index (χ0v) is 13.9. The summed E-state index contributed by atoms with van der Waals surface area (Å²) in [5.41, 5.74) is 1.14. The van der Waals surface area contributed by atoms with Gasteiger partial charge in [0.1, 0.15) is 5.75 Å². The van der Waals surface area contributed by atoms with Gasteiger partial charge in [0, 0.05) is 22.7 Å². The van der Waals surface area contributed by atoms with E-state index in [0.717, 1.165) is 0 Å². The quantitative estimate of drug-likeness (QED) is 0.773. The molecule has 0 bridgehead atoms. The molecule has 23 heavy (non-hydrogen) atoms. The van der Waals surface area contributed by atoms with E-state index in [1.54, 1.807) is 49.4 Å². The summed E-state index contributed by atoms with van der Waals surface area (Å²) in [5, 5.41) is 3.57. The van der Waals surface area contributed by atoms with Crippen molar-refractivity contribution in [1.29, 1.82) is 0 Å². The largest absolute Gasteiger partial charge is 0.484 e. The molecular weight excluding hydrogens is 337 g/mol. The maximum absolute atomic E-state index is 12.1. The fourth-order valence-electron chi connectivity index (χ4n) is 1.81. The number of hydrogen-bond acceptors (Lipinski definition) is 3. The Kier molecular flexibility index (Phi) is 6.02. The molecule has 0 atom stereocenters. The first kappa shape index (κ1) is 17.3. The monoisotopic (exact) mass is 351 g/mol. The summed E-state index contributed by atoms with van der Waals surface area (Å²) in [7, 11) is 0. The van der Waals surface area contributed by atoms with Crippen molar-refractivity contribution >= 4 is 40.6 Å². The van der Waals surface area contributed by atoms with E-state index < -0.39 is 0 Å². The molecule has 0 aromatic heterocycles. The number of ketones is 1. The summed E-state index contributed by atoms with van der Waals surface area (Å²) < 4.78 is 5.41. The van der Waals surface area contributed by atoms with E-state index in [4.69, 9.17) is 27.9 Å². The molecule has 4 nitrogen and oxygen atoms in total. The van der Waals surface area contributed by atoms with Gasteiger partial charge >= 0.3 is 0 Å². The van der Waals surface area contributed by atoms with Gasteiger partial charge in [0.2, 0.25) is 5.91 Å². The molecule has 2 aromatic carbocycles. The first-order chi connectivity index (χ1) is 11.0. The van der Waals surface area contributed by atoms with Crippen LogP contribution in [-0.4, -0.2) is 18.3 Å². The Morgan fingerprint density at radius 3 is 2.39 bits per heavy atom. The number of halogens is 2. The number of benzene rings is 2. The average molecular weight is 352 g/mol. The van der Waals surface area contributed by atoms with Crippen LogP contribution in [0.3, 0.4) is 0 Å². The molecule has 0 unspecified atom stereocenters. The number of rotatable bonds is 6. The minimum Gasteiger partial charge on any atom is -0.484 e. The van der Waals surface area contributed by atoms with Crippen molar-refractivity contribution in [3.63, 3.8) is 0 Å². The van der Waals surface area contributed by atoms with Crippen LogP contribution in [0.5, 0.6) is 5.75 Å². The van der Waals surface area contributed by atoms with Crippen LogP contribution < -0.4 is 10.1 Å². The van der Waals surface area contributed by atoms with Crippen LogP contribution in [0.4, 0.5) is 5.69 Å². The summed E-state index contributed by atoms with van der Waals surface area (Å²) >= 11 is 11.8. The highest BCUT2D eigenvalue weighted by atomic mass is 35.5. The number of anilines is 1. The summed E-state index contributed by atoms with van der Waals surface area (Å²) in [6.45, 7) is 1.63. The molecule has 0 aliphatic rings. The van der Waals surface area contributed by atoms with Gasteiger partial charge in [-0.1, -0.05) is 30.1 Å². The fraction of sp³-hybridized carbons (Fsp3) is 0.176. The van der Waals surface area contributed by atoms with Gasteiger partial charge < -0.3 is 10.1 Å². The molecule has 1 N–H and O–H groups in total. The van der Waals surface area contributed by atoms with Crippen LogP contribution in [0.2, 0.25) is 10.0 Å². The van der Waals surface area contributed by atoms with Gasteiger partial charge in [0.05, 0.1) is 5.02 Å². The number of carbonyl (C=O) groups excluding carboxylic acids is 2. The van der Waals surface area contributed by atoms with Crippen molar-refractivity contribution in [2.75, 3.05) is 11.9 Å². The maximum atomic E-state index is 12.1. The lowest BCUT2D eigenvalue weighted by Gasteiger charge is -2.08. The third-order valence-corrected chi connectivity index (χ3v) is 3.59. The summed E-state index contributed by atoms with van der Waals surface area (Å²) in [4.78, 5) is 23.4. The van der Waals surface area contributed by atoms with Crippen molar-refractivity contribution in [1.82, 2.24) is 0 Å². The lowest BCUT2D eigenvalue weighted by atomic mass is 10.1. The molecule has 0 saturated carbocycles. The first-order valence-electron chi connectivity index (χ1n) is 7.00. The van der Waals surface area contributed by atoms with Crippen LogP contribution in [0.1, 0.15) is 23.7 Å². The third-order valence-electron chi connectivity index (χ3n) is 3.06. The van der Waals surface area contributed by atoms with Gasteiger partial charge in [-0.2, -0.15) is 0 Å². The molecule has 0 spiro atoms. The SMILES string of the molecule is CCC(=O)Nc1ccc(C(=O)COc2ccc(Cl)cc2Cl)cc1. The Morgan fingerprint density at radius 2 is 1.78 bits per heavy atom. The molecular formula is C17H15Cl2NO3. The summed E-state index contributed by atoms with van der Waals surface area (Å²) in [6, 6.07) is 11.4. The number of carbonyl (C=O) groups is 2. The van der Waals surface area contributed by atoms with Gasteiger partial charge in [-0.15, -0.1) is 0 Å². The van der Waals surface area contributed by atoms with Gasteiger partial charge in [-0.3, -0.25) is 9.59 Å². The molecule has 2 rings (SSSR count). The van der Waals surface area contributed by atoms with E-state index in [-0.39, 0.29) is 18.3 Å². The second-order valence-corrected chi connectivity index (χ2v) is 5.61. The molecule has 0 heterocycles. The third kappa shape index (κ3) is 4.98. The van der Waals surface area contributed by atoms with E-state index >= 15 is 0 Å². The Balaban J connectivity index is 1.96. The Hall–Kier alpha value is -2.04. The van der Waals surface area contributed by atoms with E-state index in [1.807, 2.05) is 0 Å². The minimum atomic E-state index is -0.190. The van der Waals surface area contributed by atoms with Crippen LogP contribution in [0.25, 0.3) is 0 Å². The molecule has 120 valence electrons. The van der Waals surface area contributed by atoms with Crippen molar-refractivity contribution in [2.24, 2.45) is 0 Å². The Morgan fingerprint density at radius 1 is 1.09 bits per heavy atom. The van der Waals surface area contributed by atoms with Crippen LogP contribution in [0, 0.1) is 0 Å². The highest BCUT2D eigenvalue weighted by Crippen LogP contribution is 2.27. The van der Waals surface area contributed by atoms with E-state index in [1.165, 1.54) is 0 Å². The Bertz CT molecular complexity index is 714. The zero-order chi connectivity index (χ0) is 16.8. The van der Waals surface area contributed by atoms with Crippen molar-refractivity contribution in [3.8, 4) is 5.75 Å². The predicted molar refractivity (Wildman–Crippen MR) is 91.7 cm³/mol. The molecule has 0 fully saturated rings. The number of Topliss-reactive ketones (excluding diaryl/α,β-unsaturated/α-hetero) is 1. The summed E-state index contributed by atoms with van der Waals surface area (Å²) in [5.74, 6) is 0.130. The molecule has 0 saturated heterocycles. The minimum absolute atomic E-state index is 0.0789. The number of nitrogens with one attached hydrogen (secondary N) is 1. The van der Waals surface area contributed by atoms with Crippen molar-refractivity contribution < 1.29 is 14.3 Å². The van der Waals surface area contributed by atoms with Crippen LogP contribution >= 0.6 is 23.2 Å². The van der Waals surface area contributed by atoms with Crippen molar-refractivity contribution in [3.05, 3.63) is 58.1 Å². The summed E-state index contributed by atoms with van der Waals surface area (Å²) in [6.07, 6.45) is 0.399. The number of ether oxygens (including phenoxy) is 1. The molecule has 0 radical (unpaired) electrons. The van der Waals surface area contributed by atoms with Gasteiger partial charge in [-0.05, 0) is 42.5 Å². The molecule has 1 amide bonds. The van der Waals surface area contributed by atoms with Crippen LogP contribution in [-0.2, 0) is 4.79 Å². The van der Waals surface area contributed by atoms with Crippen molar-refractivity contribution in [2.45, 2.75) is 13.3 Å². The van der Waals surface area contributed by atoms with Crippen LogP contribution in [0.15, 0.2) is 42.5 Å². The smallest absolute Gasteiger partial charge is 0.224 e. The van der Waals surface area contributed by atoms with E-state index in [2.05, 4.69) is 5.32 Å². The second kappa shape index (κ2) is 7.99. The molecule has 0 aliphatic carbocycles. The average Bonchev–Trinajstić information content (AvgIpc) is 2.54. The molecule has 0 aliphatic heterocycles. The normalized spacial score (nSPS) is 10.2. The predicted octanol–water partition coefficient (Wildman–Crippen LogP) is 4.60. The standard InChI is InChI=1S/C17H15Cl2NO3/c1-2-17(22)20-13-6-3-11(4-7-13)15(21)10-23-16-8-5-12(18)9-14(16)19/h3-9H,2,10H2,1H3,(H,20,22). The lowest BCUT2D eigenvalue weighted by Crippen LogP contribution is -2.12. The van der Waals surface area contributed by atoms with Gasteiger partial charge in [-0.25, -0.2) is 0 Å². The molecule has 6 heteroatoms. The second-order valence-electron chi connectivity index (χ2n) is 4.77. The highest BCUT2D eigenvalue weighted by molar-refractivity contribution is 6.35. The van der Waals surface area contributed by atoms with E-state index in [9.17, 15) is 9.59 Å². The first-order valence-corrected chi connectivity index (χ1v) is 7.76. The highest BCUT2D eigenvalue weighted by Gasteiger charge is 2.09. The number of hydrogen-bond donors (Lipinski definition) is 1. The topological polar surface area (TPSA) is 55.4 Å². The van der Waals surface area contributed by atoms with Gasteiger partial charge in [0.25, 0.3) is 0 Å². The maximum Gasteiger partial charge on any atom is 0.224 e. The number of amides is 1. The molecule has 2 aromatic rings. The fourth-order valence-corrected chi connectivity index (χ4v) is 2.27. The van der Waals surface area contributed by atoms with Gasteiger partial charge in [0.15, 0.2) is 12.4 Å².